The van der Waals surface area contributed by atoms with Crippen molar-refractivity contribution >= 4 is 17.5 Å². The van der Waals surface area contributed by atoms with Crippen LogP contribution >= 0.6 is 0 Å². The molecule has 2 aliphatic carbocycles. The molecule has 0 radical (unpaired) electrons. The van der Waals surface area contributed by atoms with Gasteiger partial charge in [0.25, 0.3) is 5.91 Å². The van der Waals surface area contributed by atoms with E-state index in [2.05, 4.69) is 19.2 Å². The molecule has 1 aliphatic heterocycles. The standard InChI is InChI=1S/C21H28N2O3/c1-20(2)13-23(14-21(26-20)10-3-4-11-21)19(25)16-6-5-7-17(12-16)22-18(24)15-8-9-15/h5-7,12,15H,3-4,8-11,13-14H2,1-2H3,(H,22,24). The first-order valence-electron chi connectivity index (χ1n) is 9.76. The minimum atomic E-state index is -0.337. The summed E-state index contributed by atoms with van der Waals surface area (Å²) in [7, 11) is 0. The van der Waals surface area contributed by atoms with Crippen molar-refractivity contribution in [1.29, 1.82) is 0 Å². The highest BCUT2D eigenvalue weighted by molar-refractivity contribution is 5.98. The van der Waals surface area contributed by atoms with Gasteiger partial charge in [-0.1, -0.05) is 18.9 Å². The lowest BCUT2D eigenvalue weighted by Gasteiger charge is -2.48. The molecule has 2 amide bonds. The average Bonchev–Trinajstić information content (AvgIpc) is 3.35. The Bertz CT molecular complexity index is 718. The zero-order chi connectivity index (χ0) is 18.4. The summed E-state index contributed by atoms with van der Waals surface area (Å²) >= 11 is 0. The largest absolute Gasteiger partial charge is 0.365 e. The van der Waals surface area contributed by atoms with Gasteiger partial charge in [0.1, 0.15) is 0 Å². The number of ether oxygens (including phenoxy) is 1. The molecule has 26 heavy (non-hydrogen) atoms. The molecular weight excluding hydrogens is 328 g/mol. The van der Waals surface area contributed by atoms with Gasteiger partial charge < -0.3 is 15.0 Å². The topological polar surface area (TPSA) is 58.6 Å². The van der Waals surface area contributed by atoms with Gasteiger partial charge in [0, 0.05) is 23.7 Å². The highest BCUT2D eigenvalue weighted by Crippen LogP contribution is 2.41. The van der Waals surface area contributed by atoms with Crippen LogP contribution in [0.3, 0.4) is 0 Å². The zero-order valence-corrected chi connectivity index (χ0v) is 15.7. The van der Waals surface area contributed by atoms with Crippen LogP contribution in [0.15, 0.2) is 24.3 Å². The summed E-state index contributed by atoms with van der Waals surface area (Å²) in [4.78, 5) is 27.1. The smallest absolute Gasteiger partial charge is 0.254 e. The van der Waals surface area contributed by atoms with Crippen LogP contribution in [0.2, 0.25) is 0 Å². The Morgan fingerprint density at radius 2 is 1.88 bits per heavy atom. The van der Waals surface area contributed by atoms with E-state index in [0.717, 1.165) is 25.7 Å². The fraction of sp³-hybridized carbons (Fsp3) is 0.619. The van der Waals surface area contributed by atoms with Crippen molar-refractivity contribution < 1.29 is 14.3 Å². The molecular formula is C21H28N2O3. The molecule has 1 aromatic rings. The Kier molecular flexibility index (Phi) is 4.30. The molecule has 3 fully saturated rings. The van der Waals surface area contributed by atoms with Crippen molar-refractivity contribution in [2.24, 2.45) is 5.92 Å². The number of anilines is 1. The molecule has 5 heteroatoms. The maximum atomic E-state index is 13.2. The van der Waals surface area contributed by atoms with Crippen LogP contribution in [-0.4, -0.2) is 41.0 Å². The van der Waals surface area contributed by atoms with Gasteiger partial charge in [0.05, 0.1) is 17.7 Å². The molecule has 4 rings (SSSR count). The van der Waals surface area contributed by atoms with Crippen molar-refractivity contribution in [3.05, 3.63) is 29.8 Å². The van der Waals surface area contributed by atoms with E-state index in [4.69, 9.17) is 4.74 Å². The molecule has 1 N–H and O–H groups in total. The molecule has 0 atom stereocenters. The van der Waals surface area contributed by atoms with E-state index in [0.29, 0.717) is 24.3 Å². The number of nitrogens with zero attached hydrogens (tertiary/aromatic N) is 1. The van der Waals surface area contributed by atoms with Gasteiger partial charge in [-0.3, -0.25) is 9.59 Å². The highest BCUT2D eigenvalue weighted by Gasteiger charge is 2.47. The van der Waals surface area contributed by atoms with Crippen molar-refractivity contribution in [2.45, 2.75) is 63.6 Å². The normalized spacial score (nSPS) is 23.8. The van der Waals surface area contributed by atoms with Crippen molar-refractivity contribution in [1.82, 2.24) is 4.90 Å². The number of carbonyl (C=O) groups excluding carboxylic acids is 2. The first-order valence-corrected chi connectivity index (χ1v) is 9.76. The van der Waals surface area contributed by atoms with Crippen molar-refractivity contribution in [3.63, 3.8) is 0 Å². The SMILES string of the molecule is CC1(C)CN(C(=O)c2cccc(NC(=O)C3CC3)c2)CC2(CCCC2)O1. The fourth-order valence-electron chi connectivity index (χ4n) is 4.44. The predicted octanol–water partition coefficient (Wildman–Crippen LogP) is 3.60. The first-order chi connectivity index (χ1) is 12.4. The number of amides is 2. The van der Waals surface area contributed by atoms with Gasteiger partial charge in [0.2, 0.25) is 5.91 Å². The van der Waals surface area contributed by atoms with Gasteiger partial charge in [-0.05, 0) is 57.7 Å². The number of morpholine rings is 1. The van der Waals surface area contributed by atoms with Gasteiger partial charge >= 0.3 is 0 Å². The monoisotopic (exact) mass is 356 g/mol. The molecule has 1 heterocycles. The molecule has 5 nitrogen and oxygen atoms in total. The second-order valence-electron chi connectivity index (χ2n) is 8.76. The van der Waals surface area contributed by atoms with Gasteiger partial charge in [-0.25, -0.2) is 0 Å². The third-order valence-corrected chi connectivity index (χ3v) is 5.67. The molecule has 0 unspecified atom stereocenters. The Labute approximate surface area is 155 Å². The average molecular weight is 356 g/mol. The summed E-state index contributed by atoms with van der Waals surface area (Å²) in [6, 6.07) is 7.32. The van der Waals surface area contributed by atoms with Crippen molar-refractivity contribution in [2.75, 3.05) is 18.4 Å². The molecule has 0 bridgehead atoms. The van der Waals surface area contributed by atoms with E-state index < -0.39 is 0 Å². The number of hydrogen-bond donors (Lipinski definition) is 1. The number of benzene rings is 1. The van der Waals surface area contributed by atoms with Crippen LogP contribution in [0.25, 0.3) is 0 Å². The Hall–Kier alpha value is -1.88. The summed E-state index contributed by atoms with van der Waals surface area (Å²) in [6.45, 7) is 5.39. The third-order valence-electron chi connectivity index (χ3n) is 5.67. The van der Waals surface area contributed by atoms with Crippen LogP contribution in [0.4, 0.5) is 5.69 Å². The molecule has 140 valence electrons. The first kappa shape index (κ1) is 17.5. The van der Waals surface area contributed by atoms with Crippen LogP contribution in [0.1, 0.15) is 62.7 Å². The molecule has 3 aliphatic rings. The predicted molar refractivity (Wildman–Crippen MR) is 100 cm³/mol. The summed E-state index contributed by atoms with van der Waals surface area (Å²) < 4.78 is 6.40. The number of rotatable bonds is 3. The van der Waals surface area contributed by atoms with Crippen LogP contribution < -0.4 is 5.32 Å². The summed E-state index contributed by atoms with van der Waals surface area (Å²) in [5, 5.41) is 2.93. The Balaban J connectivity index is 1.51. The van der Waals surface area contributed by atoms with Crippen LogP contribution in [0.5, 0.6) is 0 Å². The van der Waals surface area contributed by atoms with E-state index in [9.17, 15) is 9.59 Å². The van der Waals surface area contributed by atoms with Crippen molar-refractivity contribution in [3.8, 4) is 0 Å². The molecule has 1 saturated heterocycles. The maximum absolute atomic E-state index is 13.2. The van der Waals surface area contributed by atoms with E-state index in [1.807, 2.05) is 23.1 Å². The summed E-state index contributed by atoms with van der Waals surface area (Å²) in [6.07, 6.45) is 6.32. The Morgan fingerprint density at radius 1 is 1.15 bits per heavy atom. The van der Waals surface area contributed by atoms with Gasteiger partial charge in [0.15, 0.2) is 0 Å². The number of carbonyl (C=O) groups is 2. The molecule has 2 saturated carbocycles. The number of hydrogen-bond acceptors (Lipinski definition) is 3. The third kappa shape index (κ3) is 3.63. The summed E-state index contributed by atoms with van der Waals surface area (Å²) in [5.74, 6) is 0.235. The second kappa shape index (κ2) is 6.38. The minimum Gasteiger partial charge on any atom is -0.365 e. The van der Waals surface area contributed by atoms with E-state index in [1.54, 1.807) is 6.07 Å². The lowest BCUT2D eigenvalue weighted by atomic mass is 9.93. The minimum absolute atomic E-state index is 0.0233. The highest BCUT2D eigenvalue weighted by atomic mass is 16.5. The fourth-order valence-corrected chi connectivity index (χ4v) is 4.44. The van der Waals surface area contributed by atoms with E-state index in [1.165, 1.54) is 12.8 Å². The maximum Gasteiger partial charge on any atom is 0.254 e. The molecule has 0 aromatic heterocycles. The van der Waals surface area contributed by atoms with Crippen LogP contribution in [-0.2, 0) is 9.53 Å². The zero-order valence-electron chi connectivity index (χ0n) is 15.7. The Morgan fingerprint density at radius 3 is 2.58 bits per heavy atom. The second-order valence-corrected chi connectivity index (χ2v) is 8.76. The number of nitrogens with one attached hydrogen (secondary N) is 1. The summed E-state index contributed by atoms with van der Waals surface area (Å²) in [5.41, 5.74) is 0.811. The van der Waals surface area contributed by atoms with Gasteiger partial charge in [-0.15, -0.1) is 0 Å². The van der Waals surface area contributed by atoms with Crippen LogP contribution in [0, 0.1) is 5.92 Å². The lowest BCUT2D eigenvalue weighted by molar-refractivity contribution is -0.184. The van der Waals surface area contributed by atoms with E-state index in [-0.39, 0.29) is 28.9 Å². The quantitative estimate of drug-likeness (QED) is 0.900. The van der Waals surface area contributed by atoms with E-state index >= 15 is 0 Å². The molecule has 1 spiro atoms. The lowest BCUT2D eigenvalue weighted by Crippen LogP contribution is -2.60. The molecule has 1 aromatic carbocycles. The van der Waals surface area contributed by atoms with Gasteiger partial charge in [-0.2, -0.15) is 0 Å².